The van der Waals surface area contributed by atoms with Crippen LogP contribution >= 0.6 is 21.9 Å². The summed E-state index contributed by atoms with van der Waals surface area (Å²) in [5.74, 6) is 0.840. The zero-order chi connectivity index (χ0) is 8.81. The summed E-state index contributed by atoms with van der Waals surface area (Å²) in [5, 5.41) is 0. The number of halogens is 1. The number of para-hydroxylation sites is 1. The van der Waals surface area contributed by atoms with E-state index in [0.717, 1.165) is 12.2 Å². The van der Waals surface area contributed by atoms with Gasteiger partial charge >= 0.3 is 0 Å². The fourth-order valence-electron chi connectivity index (χ4n) is 0.858. The summed E-state index contributed by atoms with van der Waals surface area (Å²) in [6.07, 6.45) is 0.663. The van der Waals surface area contributed by atoms with Crippen molar-refractivity contribution in [2.45, 2.75) is 19.6 Å². The molecule has 0 heterocycles. The summed E-state index contributed by atoms with van der Waals surface area (Å²) in [7, 11) is 2.21. The highest BCUT2D eigenvalue weighted by Gasteiger charge is 2.04. The van der Waals surface area contributed by atoms with Crippen LogP contribution in [0.25, 0.3) is 0 Å². The summed E-state index contributed by atoms with van der Waals surface area (Å²) in [6, 6.07) is 9.64. The summed E-state index contributed by atoms with van der Waals surface area (Å²) in [6.45, 7) is 2.01. The normalized spacial score (nSPS) is 11.5. The van der Waals surface area contributed by atoms with Crippen molar-refractivity contribution < 1.29 is 9.26 Å². The van der Waals surface area contributed by atoms with E-state index >= 15 is 0 Å². The zero-order valence-corrected chi connectivity index (χ0v) is 9.44. The van der Waals surface area contributed by atoms with Crippen LogP contribution in [0.3, 0.4) is 0 Å². The van der Waals surface area contributed by atoms with E-state index in [4.69, 9.17) is 9.26 Å². The van der Waals surface area contributed by atoms with Crippen LogP contribution < -0.4 is 4.74 Å². The first-order valence-corrected chi connectivity index (χ1v) is 4.41. The van der Waals surface area contributed by atoms with Crippen LogP contribution in [0.2, 0.25) is 0 Å². The van der Waals surface area contributed by atoms with Gasteiger partial charge < -0.3 is 9.26 Å². The molecule has 2 nitrogen and oxygen atoms in total. The molecule has 2 unspecified atom stereocenters. The third-order valence-electron chi connectivity index (χ3n) is 1.50. The van der Waals surface area contributed by atoms with Gasteiger partial charge in [0.05, 0.1) is 0 Å². The molecule has 0 saturated carbocycles. The van der Waals surface area contributed by atoms with Crippen molar-refractivity contribution in [3.05, 3.63) is 30.3 Å². The quantitative estimate of drug-likeness (QED) is 0.574. The van der Waals surface area contributed by atoms with Gasteiger partial charge in [-0.05, 0) is 12.1 Å². The van der Waals surface area contributed by atoms with Gasteiger partial charge in [0.1, 0.15) is 5.75 Å². The molecule has 13 heavy (non-hydrogen) atoms. The Morgan fingerprint density at radius 2 is 1.92 bits per heavy atom. The number of rotatable bonds is 4. The maximum Gasteiger partial charge on any atom is 0.202 e. The second-order valence-corrected chi connectivity index (χ2v) is 2.68. The predicted octanol–water partition coefficient (Wildman–Crippen LogP) is 3.03. The van der Waals surface area contributed by atoms with Crippen molar-refractivity contribution in [2.24, 2.45) is 0 Å². The third-order valence-corrected chi connectivity index (χ3v) is 1.80. The van der Waals surface area contributed by atoms with Gasteiger partial charge in [-0.3, -0.25) is 0 Å². The lowest BCUT2D eigenvalue weighted by Gasteiger charge is -2.14. The van der Waals surface area contributed by atoms with Gasteiger partial charge in [0.15, 0.2) is 0 Å². The van der Waals surface area contributed by atoms with Crippen LogP contribution in [0.5, 0.6) is 5.75 Å². The van der Waals surface area contributed by atoms with Gasteiger partial charge in [-0.25, -0.2) is 0 Å². The Hall–Kier alpha value is -0.300. The van der Waals surface area contributed by atoms with Gasteiger partial charge in [-0.2, -0.15) is 0 Å². The number of benzene rings is 1. The largest absolute Gasteiger partial charge is 0.465 e. The van der Waals surface area contributed by atoms with E-state index in [2.05, 4.69) is 9.47 Å². The first-order valence-electron chi connectivity index (χ1n) is 3.94. The molecule has 0 spiro atoms. The van der Waals surface area contributed by atoms with Crippen LogP contribution in [-0.2, 0) is 4.52 Å². The van der Waals surface area contributed by atoms with Crippen LogP contribution in [0.1, 0.15) is 13.3 Å². The molecule has 0 aliphatic heterocycles. The van der Waals surface area contributed by atoms with E-state index in [9.17, 15) is 0 Å². The fraction of sp³-hybridized carbons (Fsp3) is 0.333. The molecule has 0 amide bonds. The minimum absolute atomic E-state index is 0. The molecule has 0 aliphatic carbocycles. The molecule has 1 aromatic rings. The maximum absolute atomic E-state index is 5.47. The Balaban J connectivity index is 0.00000144. The Labute approximate surface area is 87.3 Å². The lowest BCUT2D eigenvalue weighted by Crippen LogP contribution is -2.14. The van der Waals surface area contributed by atoms with Crippen molar-refractivity contribution >= 4 is 21.9 Å². The first kappa shape index (κ1) is 12.7. The van der Waals surface area contributed by atoms with E-state index in [1.165, 1.54) is 0 Å². The van der Waals surface area contributed by atoms with Gasteiger partial charge in [0, 0.05) is 15.9 Å². The Kier molecular flexibility index (Phi) is 6.97. The molecule has 0 bridgehead atoms. The fourth-order valence-corrected chi connectivity index (χ4v) is 1.11. The van der Waals surface area contributed by atoms with Crippen molar-refractivity contribution in [2.75, 3.05) is 0 Å². The van der Waals surface area contributed by atoms with Crippen molar-refractivity contribution in [3.63, 3.8) is 0 Å². The smallest absolute Gasteiger partial charge is 0.202 e. The average molecular weight is 221 g/mol. The van der Waals surface area contributed by atoms with E-state index in [1.807, 2.05) is 37.3 Å². The molecule has 2 atom stereocenters. The van der Waals surface area contributed by atoms with Crippen molar-refractivity contribution in [3.8, 4) is 5.75 Å². The van der Waals surface area contributed by atoms with Gasteiger partial charge in [0.2, 0.25) is 6.29 Å². The highest BCUT2D eigenvalue weighted by atomic mass is 35.5. The molecule has 0 aromatic heterocycles. The zero-order valence-electron chi connectivity index (χ0n) is 7.47. The Bertz CT molecular complexity index is 214. The molecule has 1 aromatic carbocycles. The third kappa shape index (κ3) is 4.47. The SMILES string of the molecule is CCC(OP)Oc1ccccc1.Cl. The molecule has 0 fully saturated rings. The predicted molar refractivity (Wildman–Crippen MR) is 59.2 cm³/mol. The van der Waals surface area contributed by atoms with Crippen LogP contribution in [0, 0.1) is 0 Å². The molecule has 74 valence electrons. The summed E-state index contributed by atoms with van der Waals surface area (Å²) in [5.41, 5.74) is 0. The highest BCUT2D eigenvalue weighted by Crippen LogP contribution is 2.14. The van der Waals surface area contributed by atoms with Crippen molar-refractivity contribution in [1.82, 2.24) is 0 Å². The standard InChI is InChI=1S/C9H13O2P.ClH/c1-2-9(11-12)10-8-6-4-3-5-7-8;/h3-7,9H,2,12H2,1H3;1H. The molecular formula is C9H14ClO2P. The summed E-state index contributed by atoms with van der Waals surface area (Å²) in [4.78, 5) is 0. The van der Waals surface area contributed by atoms with Gasteiger partial charge in [-0.15, -0.1) is 12.4 Å². The monoisotopic (exact) mass is 220 g/mol. The Morgan fingerprint density at radius 3 is 2.38 bits per heavy atom. The molecule has 0 aliphatic rings. The first-order chi connectivity index (χ1) is 5.86. The lowest BCUT2D eigenvalue weighted by molar-refractivity contribution is 0.0189. The topological polar surface area (TPSA) is 18.5 Å². The maximum atomic E-state index is 5.47. The number of hydrogen-bond acceptors (Lipinski definition) is 2. The lowest BCUT2D eigenvalue weighted by atomic mass is 10.3. The van der Waals surface area contributed by atoms with Crippen molar-refractivity contribution in [1.29, 1.82) is 0 Å². The second-order valence-electron chi connectivity index (χ2n) is 2.40. The molecule has 0 N–H and O–H groups in total. The van der Waals surface area contributed by atoms with Gasteiger partial charge in [-0.1, -0.05) is 25.1 Å². The highest BCUT2D eigenvalue weighted by molar-refractivity contribution is 7.09. The minimum Gasteiger partial charge on any atom is -0.465 e. The van der Waals surface area contributed by atoms with E-state index < -0.39 is 0 Å². The average Bonchev–Trinajstić information content (AvgIpc) is 2.16. The number of hydrogen-bond donors (Lipinski definition) is 0. The molecule has 0 saturated heterocycles. The van der Waals surface area contributed by atoms with E-state index in [0.29, 0.717) is 0 Å². The summed E-state index contributed by atoms with van der Waals surface area (Å²) < 4.78 is 10.5. The van der Waals surface area contributed by atoms with E-state index in [-0.39, 0.29) is 18.7 Å². The minimum atomic E-state index is -0.169. The summed E-state index contributed by atoms with van der Waals surface area (Å²) >= 11 is 0. The van der Waals surface area contributed by atoms with Crippen LogP contribution in [-0.4, -0.2) is 6.29 Å². The molecule has 0 radical (unpaired) electrons. The van der Waals surface area contributed by atoms with Crippen LogP contribution in [0.15, 0.2) is 30.3 Å². The second kappa shape index (κ2) is 7.14. The molecule has 1 rings (SSSR count). The van der Waals surface area contributed by atoms with E-state index in [1.54, 1.807) is 0 Å². The van der Waals surface area contributed by atoms with Gasteiger partial charge in [0.25, 0.3) is 0 Å². The molecule has 4 heteroatoms. The van der Waals surface area contributed by atoms with Crippen LogP contribution in [0.4, 0.5) is 0 Å². The Morgan fingerprint density at radius 1 is 1.31 bits per heavy atom. The number of ether oxygens (including phenoxy) is 1. The molecular weight excluding hydrogens is 207 g/mol.